The van der Waals surface area contributed by atoms with Crippen LogP contribution in [0.25, 0.3) is 10.8 Å². The molecule has 0 aromatic heterocycles. The normalized spacial score (nSPS) is 11.6. The third-order valence-corrected chi connectivity index (χ3v) is 7.52. The van der Waals surface area contributed by atoms with Gasteiger partial charge in [-0.3, -0.25) is 4.55 Å². The Kier molecular flexibility index (Phi) is 16.6. The number of benzene rings is 2. The van der Waals surface area contributed by atoms with Crippen molar-refractivity contribution >= 4 is 69.8 Å². The fourth-order valence-electron chi connectivity index (χ4n) is 4.74. The Hall–Kier alpha value is 0.181. The van der Waals surface area contributed by atoms with Crippen molar-refractivity contribution in [1.29, 1.82) is 0 Å². The van der Waals surface area contributed by atoms with Gasteiger partial charge in [-0.05, 0) is 42.2 Å². The molecule has 0 spiro atoms. The Balaban J connectivity index is 0.00000544. The quantitative estimate of drug-likeness (QED) is 0.113. The van der Waals surface area contributed by atoms with E-state index in [0.717, 1.165) is 48.6 Å². The molecular weight excluding hydrogens is 554 g/mol. The van der Waals surface area contributed by atoms with Gasteiger partial charge < -0.3 is 0 Å². The summed E-state index contributed by atoms with van der Waals surface area (Å²) in [6, 6.07) is 9.73. The molecule has 3 nitrogen and oxygen atoms in total. The summed E-state index contributed by atoms with van der Waals surface area (Å²) in [7, 11) is -4.28. The van der Waals surface area contributed by atoms with E-state index in [1.165, 1.54) is 70.6 Å². The minimum atomic E-state index is -4.28. The van der Waals surface area contributed by atoms with Gasteiger partial charge in [-0.2, -0.15) is 8.42 Å². The van der Waals surface area contributed by atoms with E-state index >= 15 is 0 Å². The summed E-state index contributed by atoms with van der Waals surface area (Å²) in [4.78, 5) is 0.152. The second kappa shape index (κ2) is 17.6. The van der Waals surface area contributed by atoms with Crippen molar-refractivity contribution in [1.82, 2.24) is 0 Å². The van der Waals surface area contributed by atoms with Crippen molar-refractivity contribution in [3.05, 3.63) is 41.5 Å². The van der Waals surface area contributed by atoms with E-state index in [9.17, 15) is 13.0 Å². The number of aryl methyl sites for hydroxylation is 1. The largest absolute Gasteiger partial charge is 0.295 e. The molecule has 33 heavy (non-hydrogen) atoms. The van der Waals surface area contributed by atoms with Crippen LogP contribution in [-0.2, 0) is 23.0 Å². The molecule has 0 aliphatic rings. The van der Waals surface area contributed by atoms with Crippen molar-refractivity contribution in [2.75, 3.05) is 0 Å². The van der Waals surface area contributed by atoms with Gasteiger partial charge in [-0.1, -0.05) is 121 Å². The summed E-state index contributed by atoms with van der Waals surface area (Å²) >= 11 is 0. The summed E-state index contributed by atoms with van der Waals surface area (Å²) in [5.74, 6) is 0. The van der Waals surface area contributed by atoms with Crippen LogP contribution in [0.1, 0.15) is 115 Å². The molecule has 182 valence electrons. The minimum Gasteiger partial charge on any atom is -0.282 e. The number of fused-ring (bicyclic) bond motifs is 1. The van der Waals surface area contributed by atoms with Gasteiger partial charge in [0.25, 0.3) is 10.1 Å². The predicted octanol–water partition coefficient (Wildman–Crippen LogP) is 8.29. The summed E-state index contributed by atoms with van der Waals surface area (Å²) in [6.07, 6.45) is 18.6. The van der Waals surface area contributed by atoms with Gasteiger partial charge in [-0.15, -0.1) is 0 Å². The van der Waals surface area contributed by atoms with Gasteiger partial charge in [0.2, 0.25) is 0 Å². The van der Waals surface area contributed by atoms with Gasteiger partial charge in [0, 0.05) is 54.3 Å². The molecule has 1 N–H and O–H groups in total. The van der Waals surface area contributed by atoms with E-state index in [1.807, 2.05) is 24.3 Å². The molecular formula is C28H44BaO3S. The van der Waals surface area contributed by atoms with E-state index in [1.54, 1.807) is 0 Å². The summed E-state index contributed by atoms with van der Waals surface area (Å²) in [6.45, 7) is 4.46. The van der Waals surface area contributed by atoms with Crippen molar-refractivity contribution in [2.24, 2.45) is 0 Å². The van der Waals surface area contributed by atoms with Crippen molar-refractivity contribution in [3.8, 4) is 0 Å². The Bertz CT molecular complexity index is 909. The number of unbranched alkanes of at least 4 members (excludes halogenated alkanes) is 12. The van der Waals surface area contributed by atoms with Crippen molar-refractivity contribution in [3.63, 3.8) is 0 Å². The van der Waals surface area contributed by atoms with Gasteiger partial charge in [-0.25, -0.2) is 0 Å². The summed E-state index contributed by atoms with van der Waals surface area (Å²) in [5, 5.41) is 1.55. The number of hydrogen-bond acceptors (Lipinski definition) is 2. The molecule has 2 radical (unpaired) electrons. The fourth-order valence-corrected chi connectivity index (χ4v) is 5.74. The molecule has 5 heteroatoms. The number of hydrogen-bond donors (Lipinski definition) is 1. The fraction of sp³-hybridized carbons (Fsp3) is 0.643. The van der Waals surface area contributed by atoms with Crippen LogP contribution >= 0.6 is 0 Å². The Morgan fingerprint density at radius 2 is 1.18 bits per heavy atom. The first-order valence-electron chi connectivity index (χ1n) is 13.0. The van der Waals surface area contributed by atoms with Crippen LogP contribution in [0.2, 0.25) is 0 Å². The molecule has 2 rings (SSSR count). The van der Waals surface area contributed by atoms with Crippen molar-refractivity contribution < 1.29 is 13.0 Å². The van der Waals surface area contributed by atoms with Crippen LogP contribution in [-0.4, -0.2) is 61.9 Å². The minimum absolute atomic E-state index is 0. The monoisotopic (exact) mass is 598 g/mol. The maximum Gasteiger partial charge on any atom is 0.295 e. The van der Waals surface area contributed by atoms with Crippen LogP contribution in [0.3, 0.4) is 0 Å². The first-order chi connectivity index (χ1) is 15.5. The Labute approximate surface area is 243 Å². The first-order valence-corrected chi connectivity index (χ1v) is 14.4. The van der Waals surface area contributed by atoms with Crippen LogP contribution in [0.4, 0.5) is 0 Å². The van der Waals surface area contributed by atoms with Gasteiger partial charge in [0.05, 0.1) is 0 Å². The molecule has 0 amide bonds. The molecule has 0 saturated heterocycles. The van der Waals surface area contributed by atoms with E-state index in [-0.39, 0.29) is 53.8 Å². The van der Waals surface area contributed by atoms with Gasteiger partial charge in [0.15, 0.2) is 0 Å². The predicted molar refractivity (Wildman–Crippen MR) is 143 cm³/mol. The maximum absolute atomic E-state index is 12.5. The zero-order chi connectivity index (χ0) is 23.2. The van der Waals surface area contributed by atoms with Gasteiger partial charge >= 0.3 is 0 Å². The topological polar surface area (TPSA) is 54.4 Å². The van der Waals surface area contributed by atoms with Gasteiger partial charge in [0.1, 0.15) is 4.90 Å². The second-order valence-corrected chi connectivity index (χ2v) is 10.6. The third-order valence-electron chi connectivity index (χ3n) is 6.53. The maximum atomic E-state index is 12.5. The molecule has 0 saturated carbocycles. The van der Waals surface area contributed by atoms with E-state index in [2.05, 4.69) is 19.9 Å². The molecule has 0 aliphatic heterocycles. The molecule has 0 bridgehead atoms. The number of rotatable bonds is 17. The molecule has 0 unspecified atom stereocenters. The molecule has 0 atom stereocenters. The van der Waals surface area contributed by atoms with Crippen LogP contribution < -0.4 is 0 Å². The molecule has 0 aliphatic carbocycles. The summed E-state index contributed by atoms with van der Waals surface area (Å²) < 4.78 is 35.1. The zero-order valence-corrected chi connectivity index (χ0v) is 26.3. The van der Waals surface area contributed by atoms with Crippen LogP contribution in [0, 0.1) is 0 Å². The zero-order valence-electron chi connectivity index (χ0n) is 21.1. The van der Waals surface area contributed by atoms with Crippen molar-refractivity contribution in [2.45, 2.75) is 121 Å². The molecule has 2 aromatic carbocycles. The SMILES string of the molecule is CCCCCCCCCc1cc2ccccc2c(S(=O)(=O)O)c1CCCCCCCCC.[Ba]. The molecule has 0 heterocycles. The average Bonchev–Trinajstić information content (AvgIpc) is 2.76. The Morgan fingerprint density at radius 1 is 0.697 bits per heavy atom. The van der Waals surface area contributed by atoms with E-state index in [0.29, 0.717) is 5.39 Å². The molecule has 0 fully saturated rings. The standard InChI is InChI=1S/C28H44O3S.Ba/c1-3-5-7-9-11-13-15-19-24-23-25-20-17-18-22-27(25)28(32(29,30)31)26(24)21-16-14-12-10-8-6-4-2;/h17-18,20,22-23H,3-16,19,21H2,1-2H3,(H,29,30,31);. The van der Waals surface area contributed by atoms with Crippen LogP contribution in [0.5, 0.6) is 0 Å². The summed E-state index contributed by atoms with van der Waals surface area (Å²) in [5.41, 5.74) is 1.96. The Morgan fingerprint density at radius 3 is 1.73 bits per heavy atom. The van der Waals surface area contributed by atoms with Crippen LogP contribution in [0.15, 0.2) is 35.2 Å². The smallest absolute Gasteiger partial charge is 0.282 e. The first kappa shape index (κ1) is 31.2. The van der Waals surface area contributed by atoms with E-state index in [4.69, 9.17) is 0 Å². The van der Waals surface area contributed by atoms with E-state index < -0.39 is 10.1 Å². The average molecular weight is 598 g/mol. The third kappa shape index (κ3) is 11.2. The molecule has 2 aromatic rings. The second-order valence-electron chi connectivity index (χ2n) is 9.28.